The molecule has 0 aliphatic carbocycles. The first-order chi connectivity index (χ1) is 15.8. The van der Waals surface area contributed by atoms with Crippen molar-refractivity contribution in [2.75, 3.05) is 39.3 Å². The average molecular weight is 451 g/mol. The molecule has 1 aliphatic rings. The van der Waals surface area contributed by atoms with E-state index in [2.05, 4.69) is 30.6 Å². The van der Waals surface area contributed by atoms with Crippen molar-refractivity contribution in [1.29, 1.82) is 0 Å². The van der Waals surface area contributed by atoms with Gasteiger partial charge in [0.1, 0.15) is 0 Å². The lowest BCUT2D eigenvalue weighted by Crippen LogP contribution is -2.47. The van der Waals surface area contributed by atoms with E-state index in [9.17, 15) is 0 Å². The van der Waals surface area contributed by atoms with E-state index in [0.717, 1.165) is 5.92 Å². The first kappa shape index (κ1) is 30.0. The Balaban J connectivity index is 1.82. The van der Waals surface area contributed by atoms with Crippen LogP contribution >= 0.6 is 0 Å². The van der Waals surface area contributed by atoms with Crippen LogP contribution in [-0.2, 0) is 0 Å². The Morgan fingerprint density at radius 2 is 0.875 bits per heavy atom. The maximum Gasteiger partial charge on any atom is 0.0110 e. The van der Waals surface area contributed by atoms with Gasteiger partial charge in [-0.15, -0.1) is 0 Å². The molecule has 1 unspecified atom stereocenters. The molecule has 0 radical (unpaired) electrons. The molecule has 0 aromatic rings. The number of nitrogens with zero attached hydrogens (tertiary/aromatic N) is 2. The minimum atomic E-state index is 0.932. The summed E-state index contributed by atoms with van der Waals surface area (Å²) in [6, 6.07) is 0. The van der Waals surface area contributed by atoms with Crippen LogP contribution in [0.1, 0.15) is 149 Å². The molecule has 0 aromatic carbocycles. The van der Waals surface area contributed by atoms with Crippen molar-refractivity contribution in [3.63, 3.8) is 0 Å². The molecule has 1 atom stereocenters. The van der Waals surface area contributed by atoms with Crippen LogP contribution in [0.25, 0.3) is 0 Å². The normalized spacial score (nSPS) is 16.6. The Labute approximate surface area is 204 Å². The molecule has 1 heterocycles. The van der Waals surface area contributed by atoms with Gasteiger partial charge in [0.2, 0.25) is 0 Å². The maximum absolute atomic E-state index is 2.74. The van der Waals surface area contributed by atoms with E-state index in [1.165, 1.54) is 168 Å². The van der Waals surface area contributed by atoms with Crippen LogP contribution in [0.3, 0.4) is 0 Å². The summed E-state index contributed by atoms with van der Waals surface area (Å²) in [4.78, 5) is 5.47. The van der Waals surface area contributed by atoms with Crippen LogP contribution in [0.4, 0.5) is 0 Å². The van der Waals surface area contributed by atoms with Gasteiger partial charge >= 0.3 is 0 Å². The van der Waals surface area contributed by atoms with Crippen LogP contribution in [0.2, 0.25) is 0 Å². The molecule has 0 aromatic heterocycles. The highest BCUT2D eigenvalue weighted by Gasteiger charge is 2.18. The summed E-state index contributed by atoms with van der Waals surface area (Å²) >= 11 is 0. The molecule has 1 rings (SSSR count). The molecular weight excluding hydrogens is 388 g/mol. The maximum atomic E-state index is 2.74. The van der Waals surface area contributed by atoms with Gasteiger partial charge < -0.3 is 9.80 Å². The monoisotopic (exact) mass is 450 g/mol. The van der Waals surface area contributed by atoms with Gasteiger partial charge in [-0.3, -0.25) is 0 Å². The number of piperazine rings is 1. The molecule has 2 heteroatoms. The number of hydrogen-bond donors (Lipinski definition) is 0. The first-order valence-corrected chi connectivity index (χ1v) is 15.2. The molecule has 0 saturated carbocycles. The lowest BCUT2D eigenvalue weighted by molar-refractivity contribution is 0.113. The Morgan fingerprint density at radius 3 is 1.31 bits per heavy atom. The van der Waals surface area contributed by atoms with Crippen LogP contribution in [0.5, 0.6) is 0 Å². The van der Waals surface area contributed by atoms with Gasteiger partial charge in [-0.2, -0.15) is 0 Å². The van der Waals surface area contributed by atoms with Crippen molar-refractivity contribution in [1.82, 2.24) is 9.80 Å². The third kappa shape index (κ3) is 17.4. The summed E-state index contributed by atoms with van der Waals surface area (Å²) in [5.41, 5.74) is 0. The van der Waals surface area contributed by atoms with Crippen LogP contribution in [0.15, 0.2) is 0 Å². The molecule has 1 aliphatic heterocycles. The molecule has 1 saturated heterocycles. The second-order valence-corrected chi connectivity index (χ2v) is 10.9. The van der Waals surface area contributed by atoms with Gasteiger partial charge in [-0.1, -0.05) is 136 Å². The van der Waals surface area contributed by atoms with Crippen LogP contribution < -0.4 is 0 Å². The predicted octanol–water partition coefficient (Wildman–Crippen LogP) is 9.08. The first-order valence-electron chi connectivity index (χ1n) is 15.2. The third-order valence-corrected chi connectivity index (χ3v) is 7.85. The second-order valence-electron chi connectivity index (χ2n) is 10.9. The smallest absolute Gasteiger partial charge is 0.0110 e. The minimum absolute atomic E-state index is 0.932. The van der Waals surface area contributed by atoms with Gasteiger partial charge in [-0.25, -0.2) is 0 Å². The summed E-state index contributed by atoms with van der Waals surface area (Å²) in [6.07, 6.45) is 29.0. The lowest BCUT2D eigenvalue weighted by atomic mass is 9.98. The highest BCUT2D eigenvalue weighted by molar-refractivity contribution is 4.74. The van der Waals surface area contributed by atoms with Crippen molar-refractivity contribution < 1.29 is 0 Å². The SMILES string of the molecule is CCCCCCCCCCCCCCCCCCN1CCN(CC(CC)CCCC)CC1. The summed E-state index contributed by atoms with van der Waals surface area (Å²) < 4.78 is 0. The Bertz CT molecular complexity index is 362. The largest absolute Gasteiger partial charge is 0.301 e. The Hall–Kier alpha value is -0.0800. The molecule has 0 spiro atoms. The number of unbranched alkanes of at least 4 members (excludes halogenated alkanes) is 16. The summed E-state index contributed by atoms with van der Waals surface area (Å²) in [6.45, 7) is 14.9. The fourth-order valence-corrected chi connectivity index (χ4v) is 5.36. The minimum Gasteiger partial charge on any atom is -0.301 e. The van der Waals surface area contributed by atoms with Crippen molar-refractivity contribution in [3.05, 3.63) is 0 Å². The Kier molecular flexibility index (Phi) is 21.2. The highest BCUT2D eigenvalue weighted by atomic mass is 15.3. The summed E-state index contributed by atoms with van der Waals surface area (Å²) in [5.74, 6) is 0.932. The molecule has 192 valence electrons. The average Bonchev–Trinajstić information content (AvgIpc) is 2.82. The number of rotatable bonds is 23. The molecular formula is C30H62N2. The van der Waals surface area contributed by atoms with E-state index >= 15 is 0 Å². The van der Waals surface area contributed by atoms with E-state index < -0.39 is 0 Å². The molecule has 0 amide bonds. The van der Waals surface area contributed by atoms with Crippen molar-refractivity contribution in [2.45, 2.75) is 149 Å². The topological polar surface area (TPSA) is 6.48 Å². The molecule has 0 bridgehead atoms. The van der Waals surface area contributed by atoms with Gasteiger partial charge in [0.25, 0.3) is 0 Å². The van der Waals surface area contributed by atoms with E-state index in [4.69, 9.17) is 0 Å². The summed E-state index contributed by atoms with van der Waals surface area (Å²) in [5, 5.41) is 0. The van der Waals surface area contributed by atoms with Crippen LogP contribution in [0, 0.1) is 5.92 Å². The summed E-state index contributed by atoms with van der Waals surface area (Å²) in [7, 11) is 0. The van der Waals surface area contributed by atoms with Gasteiger partial charge in [0, 0.05) is 32.7 Å². The second kappa shape index (κ2) is 22.7. The quantitative estimate of drug-likeness (QED) is 0.143. The molecule has 32 heavy (non-hydrogen) atoms. The van der Waals surface area contributed by atoms with Gasteiger partial charge in [0.15, 0.2) is 0 Å². The van der Waals surface area contributed by atoms with Crippen molar-refractivity contribution in [3.8, 4) is 0 Å². The zero-order chi connectivity index (χ0) is 23.1. The lowest BCUT2D eigenvalue weighted by Gasteiger charge is -2.36. The van der Waals surface area contributed by atoms with E-state index in [-0.39, 0.29) is 0 Å². The van der Waals surface area contributed by atoms with Crippen molar-refractivity contribution >= 4 is 0 Å². The molecule has 1 fully saturated rings. The standard InChI is InChI=1S/C30H62N2/c1-4-7-9-10-11-12-13-14-15-16-17-18-19-20-21-22-24-31-25-27-32(28-26-31)29-30(6-3)23-8-5-2/h30H,4-29H2,1-3H3. The van der Waals surface area contributed by atoms with E-state index in [1.54, 1.807) is 0 Å². The van der Waals surface area contributed by atoms with Gasteiger partial charge in [0.05, 0.1) is 0 Å². The van der Waals surface area contributed by atoms with Crippen molar-refractivity contribution in [2.24, 2.45) is 5.92 Å². The van der Waals surface area contributed by atoms with E-state index in [0.29, 0.717) is 0 Å². The molecule has 0 N–H and O–H groups in total. The highest BCUT2D eigenvalue weighted by Crippen LogP contribution is 2.17. The van der Waals surface area contributed by atoms with Gasteiger partial charge in [-0.05, 0) is 25.3 Å². The molecule has 2 nitrogen and oxygen atoms in total. The fourth-order valence-electron chi connectivity index (χ4n) is 5.36. The Morgan fingerprint density at radius 1 is 0.469 bits per heavy atom. The predicted molar refractivity (Wildman–Crippen MR) is 146 cm³/mol. The fraction of sp³-hybridized carbons (Fsp3) is 1.00. The number of hydrogen-bond acceptors (Lipinski definition) is 2. The zero-order valence-electron chi connectivity index (χ0n) is 22.9. The van der Waals surface area contributed by atoms with Crippen LogP contribution in [-0.4, -0.2) is 49.1 Å². The zero-order valence-corrected chi connectivity index (χ0v) is 22.9. The third-order valence-electron chi connectivity index (χ3n) is 7.85. The van der Waals surface area contributed by atoms with E-state index in [1.807, 2.05) is 0 Å².